The molecule has 1 aromatic carbocycles. The summed E-state index contributed by atoms with van der Waals surface area (Å²) in [4.78, 5) is 23.3. The molecular formula is C12H11N3O4S. The lowest BCUT2D eigenvalue weighted by molar-refractivity contribution is 0.0693. The number of para-hydroxylation sites is 1. The van der Waals surface area contributed by atoms with Crippen LogP contribution in [0.1, 0.15) is 32.6 Å². The van der Waals surface area contributed by atoms with Crippen molar-refractivity contribution in [2.75, 3.05) is 5.32 Å². The highest BCUT2D eigenvalue weighted by molar-refractivity contribution is 7.08. The Morgan fingerprint density at radius 1 is 1.40 bits per heavy atom. The maximum atomic E-state index is 12.0. The summed E-state index contributed by atoms with van der Waals surface area (Å²) in [5, 5.41) is 25.0. The van der Waals surface area contributed by atoms with E-state index in [0.717, 1.165) is 11.5 Å². The van der Waals surface area contributed by atoms with Crippen LogP contribution in [0, 0.1) is 0 Å². The fourth-order valence-corrected chi connectivity index (χ4v) is 2.25. The number of phenols is 1. The van der Waals surface area contributed by atoms with Gasteiger partial charge in [-0.1, -0.05) is 17.5 Å². The third-order valence-corrected chi connectivity index (χ3v) is 3.38. The topological polar surface area (TPSA) is 112 Å². The Bertz CT molecular complexity index is 668. The Morgan fingerprint density at radius 2 is 2.15 bits per heavy atom. The highest BCUT2D eigenvalue weighted by Crippen LogP contribution is 2.28. The quantitative estimate of drug-likeness (QED) is 0.740. The molecule has 0 aliphatic heterocycles. The number of anilines is 1. The normalized spacial score (nSPS) is 10.2. The zero-order valence-corrected chi connectivity index (χ0v) is 11.3. The van der Waals surface area contributed by atoms with Crippen LogP contribution in [0.3, 0.4) is 0 Å². The molecule has 2 aromatic rings. The molecule has 3 N–H and O–H groups in total. The standard InChI is InChI=1S/C12H11N3O4S/c1-2-7-10(20-15-14-7)11(17)13-8-5-3-4-6(9(8)16)12(18)19/h3-5,16H,2H2,1H3,(H,13,17)(H,18,19). The molecule has 0 aliphatic rings. The number of hydrogen-bond acceptors (Lipinski definition) is 6. The van der Waals surface area contributed by atoms with Gasteiger partial charge >= 0.3 is 5.97 Å². The smallest absolute Gasteiger partial charge is 0.339 e. The molecule has 0 radical (unpaired) electrons. The van der Waals surface area contributed by atoms with Gasteiger partial charge in [0.1, 0.15) is 10.4 Å². The highest BCUT2D eigenvalue weighted by atomic mass is 32.1. The van der Waals surface area contributed by atoms with Crippen LogP contribution in [0.4, 0.5) is 5.69 Å². The van der Waals surface area contributed by atoms with Crippen molar-refractivity contribution in [2.24, 2.45) is 0 Å². The molecular weight excluding hydrogens is 282 g/mol. The number of aromatic carboxylic acids is 1. The van der Waals surface area contributed by atoms with E-state index in [1.54, 1.807) is 0 Å². The second-order valence-corrected chi connectivity index (χ2v) is 4.62. The molecule has 8 heteroatoms. The van der Waals surface area contributed by atoms with E-state index in [4.69, 9.17) is 5.11 Å². The van der Waals surface area contributed by atoms with Crippen molar-refractivity contribution >= 4 is 29.1 Å². The van der Waals surface area contributed by atoms with Gasteiger partial charge in [0, 0.05) is 0 Å². The first-order valence-electron chi connectivity index (χ1n) is 5.72. The lowest BCUT2D eigenvalue weighted by Crippen LogP contribution is -2.13. The van der Waals surface area contributed by atoms with E-state index in [1.807, 2.05) is 6.92 Å². The minimum Gasteiger partial charge on any atom is -0.505 e. The van der Waals surface area contributed by atoms with Crippen molar-refractivity contribution in [3.05, 3.63) is 34.3 Å². The fourth-order valence-electron chi connectivity index (χ4n) is 1.61. The van der Waals surface area contributed by atoms with Gasteiger partial charge in [-0.2, -0.15) is 0 Å². The number of rotatable bonds is 4. The Balaban J connectivity index is 2.29. The van der Waals surface area contributed by atoms with Crippen molar-refractivity contribution in [2.45, 2.75) is 13.3 Å². The number of benzene rings is 1. The molecule has 0 unspecified atom stereocenters. The number of carbonyl (C=O) groups excluding carboxylic acids is 1. The third kappa shape index (κ3) is 2.59. The van der Waals surface area contributed by atoms with Crippen molar-refractivity contribution in [1.82, 2.24) is 9.59 Å². The van der Waals surface area contributed by atoms with Crippen molar-refractivity contribution in [3.8, 4) is 5.75 Å². The highest BCUT2D eigenvalue weighted by Gasteiger charge is 2.18. The molecule has 0 aliphatic carbocycles. The van der Waals surface area contributed by atoms with Crippen LogP contribution < -0.4 is 5.32 Å². The number of carbonyl (C=O) groups is 2. The van der Waals surface area contributed by atoms with Crippen LogP contribution >= 0.6 is 11.5 Å². The molecule has 0 spiro atoms. The molecule has 20 heavy (non-hydrogen) atoms. The number of nitrogens with one attached hydrogen (secondary N) is 1. The third-order valence-electron chi connectivity index (χ3n) is 2.61. The van der Waals surface area contributed by atoms with Gasteiger partial charge in [0.15, 0.2) is 5.75 Å². The number of hydrogen-bond donors (Lipinski definition) is 3. The Kier molecular flexibility index (Phi) is 3.94. The van der Waals surface area contributed by atoms with Crippen LogP contribution in [-0.4, -0.2) is 31.7 Å². The summed E-state index contributed by atoms with van der Waals surface area (Å²) in [6.45, 7) is 1.84. The summed E-state index contributed by atoms with van der Waals surface area (Å²) in [6, 6.07) is 4.10. The number of aromatic nitrogens is 2. The van der Waals surface area contributed by atoms with Gasteiger partial charge in [0.2, 0.25) is 0 Å². The van der Waals surface area contributed by atoms with Crippen LogP contribution in [-0.2, 0) is 6.42 Å². The Hall–Kier alpha value is -2.48. The van der Waals surface area contributed by atoms with Gasteiger partial charge in [-0.15, -0.1) is 5.10 Å². The van der Waals surface area contributed by atoms with E-state index >= 15 is 0 Å². The van der Waals surface area contributed by atoms with E-state index in [9.17, 15) is 14.7 Å². The van der Waals surface area contributed by atoms with E-state index in [2.05, 4.69) is 14.9 Å². The minimum atomic E-state index is -1.27. The lowest BCUT2D eigenvalue weighted by atomic mass is 10.1. The van der Waals surface area contributed by atoms with E-state index in [1.165, 1.54) is 18.2 Å². The summed E-state index contributed by atoms with van der Waals surface area (Å²) in [7, 11) is 0. The fraction of sp³-hybridized carbons (Fsp3) is 0.167. The maximum Gasteiger partial charge on any atom is 0.339 e. The molecule has 1 aromatic heterocycles. The monoisotopic (exact) mass is 293 g/mol. The first-order chi connectivity index (χ1) is 9.54. The lowest BCUT2D eigenvalue weighted by Gasteiger charge is -2.08. The van der Waals surface area contributed by atoms with Gasteiger partial charge in [-0.25, -0.2) is 4.79 Å². The maximum absolute atomic E-state index is 12.0. The second-order valence-electron chi connectivity index (χ2n) is 3.86. The molecule has 0 saturated heterocycles. The average molecular weight is 293 g/mol. The SMILES string of the molecule is CCc1nnsc1C(=O)Nc1cccc(C(=O)O)c1O. The molecule has 0 saturated carbocycles. The molecule has 7 nitrogen and oxygen atoms in total. The minimum absolute atomic E-state index is 0.0327. The zero-order valence-electron chi connectivity index (χ0n) is 10.5. The second kappa shape index (κ2) is 5.66. The molecule has 0 fully saturated rings. The van der Waals surface area contributed by atoms with Gasteiger partial charge in [-0.05, 0) is 30.1 Å². The Labute approximate surface area is 118 Å². The number of carboxylic acid groups (broad SMARTS) is 1. The molecule has 1 heterocycles. The number of aromatic hydroxyl groups is 1. The van der Waals surface area contributed by atoms with Crippen molar-refractivity contribution < 1.29 is 19.8 Å². The van der Waals surface area contributed by atoms with Gasteiger partial charge in [0.05, 0.1) is 11.4 Å². The van der Waals surface area contributed by atoms with Gasteiger partial charge in [0.25, 0.3) is 5.91 Å². The molecule has 0 bridgehead atoms. The molecule has 0 atom stereocenters. The van der Waals surface area contributed by atoms with Crippen molar-refractivity contribution in [1.29, 1.82) is 0 Å². The van der Waals surface area contributed by atoms with Crippen LogP contribution in [0.2, 0.25) is 0 Å². The van der Waals surface area contributed by atoms with E-state index in [-0.39, 0.29) is 11.3 Å². The Morgan fingerprint density at radius 3 is 2.80 bits per heavy atom. The average Bonchev–Trinajstić information content (AvgIpc) is 2.89. The molecule has 104 valence electrons. The van der Waals surface area contributed by atoms with E-state index in [0.29, 0.717) is 17.0 Å². The van der Waals surface area contributed by atoms with Gasteiger partial charge < -0.3 is 15.5 Å². The van der Waals surface area contributed by atoms with Crippen LogP contribution in [0.25, 0.3) is 0 Å². The van der Waals surface area contributed by atoms with Gasteiger partial charge in [-0.3, -0.25) is 4.79 Å². The largest absolute Gasteiger partial charge is 0.505 e. The molecule has 2 rings (SSSR count). The summed E-state index contributed by atoms with van der Waals surface area (Å²) in [5.74, 6) is -2.23. The summed E-state index contributed by atoms with van der Waals surface area (Å²) in [5.41, 5.74) is 0.313. The van der Waals surface area contributed by atoms with Crippen LogP contribution in [0.15, 0.2) is 18.2 Å². The summed E-state index contributed by atoms with van der Waals surface area (Å²) < 4.78 is 3.70. The van der Waals surface area contributed by atoms with Crippen molar-refractivity contribution in [3.63, 3.8) is 0 Å². The number of nitrogens with zero attached hydrogens (tertiary/aromatic N) is 2. The van der Waals surface area contributed by atoms with E-state index < -0.39 is 17.6 Å². The predicted octanol–water partition coefficient (Wildman–Crippen LogP) is 1.76. The number of aryl methyl sites for hydroxylation is 1. The van der Waals surface area contributed by atoms with Crippen LogP contribution in [0.5, 0.6) is 5.75 Å². The zero-order chi connectivity index (χ0) is 14.7. The first kappa shape index (κ1) is 13.9. The number of carboxylic acids is 1. The number of amides is 1. The summed E-state index contributed by atoms with van der Waals surface area (Å²) in [6.07, 6.45) is 0.556. The first-order valence-corrected chi connectivity index (χ1v) is 6.49. The molecule has 1 amide bonds. The predicted molar refractivity (Wildman–Crippen MR) is 72.3 cm³/mol. The summed E-state index contributed by atoms with van der Waals surface area (Å²) >= 11 is 0.947.